The Bertz CT molecular complexity index is 401. The van der Waals surface area contributed by atoms with E-state index in [2.05, 4.69) is 67.0 Å². The molecule has 1 fully saturated rings. The summed E-state index contributed by atoms with van der Waals surface area (Å²) < 4.78 is 0. The van der Waals surface area contributed by atoms with Crippen LogP contribution in [0.25, 0.3) is 0 Å². The molecular formula is C18H27BrS. The Kier molecular flexibility index (Phi) is 6.04. The molecule has 1 aliphatic carbocycles. The average Bonchev–Trinajstić information content (AvgIpc) is 2.39. The van der Waals surface area contributed by atoms with Gasteiger partial charge in [-0.2, -0.15) is 0 Å². The van der Waals surface area contributed by atoms with Crippen molar-refractivity contribution < 1.29 is 0 Å². The molecular weight excluding hydrogens is 328 g/mol. The maximum absolute atomic E-state index is 3.96. The molecule has 1 aromatic rings. The molecule has 3 atom stereocenters. The third-order valence-corrected chi connectivity index (χ3v) is 6.82. The Morgan fingerprint density at radius 3 is 2.55 bits per heavy atom. The Labute approximate surface area is 137 Å². The largest absolute Gasteiger partial charge is 0.126 e. The van der Waals surface area contributed by atoms with Crippen molar-refractivity contribution in [3.05, 3.63) is 30.3 Å². The van der Waals surface area contributed by atoms with Gasteiger partial charge in [0.2, 0.25) is 0 Å². The van der Waals surface area contributed by atoms with Gasteiger partial charge in [-0.15, -0.1) is 11.8 Å². The first kappa shape index (κ1) is 16.4. The molecule has 1 saturated carbocycles. The van der Waals surface area contributed by atoms with E-state index in [-0.39, 0.29) is 0 Å². The van der Waals surface area contributed by atoms with E-state index in [0.717, 1.165) is 11.8 Å². The molecule has 20 heavy (non-hydrogen) atoms. The van der Waals surface area contributed by atoms with Gasteiger partial charge in [-0.05, 0) is 54.4 Å². The van der Waals surface area contributed by atoms with Crippen LogP contribution < -0.4 is 0 Å². The van der Waals surface area contributed by atoms with Crippen molar-refractivity contribution in [2.45, 2.75) is 56.2 Å². The summed E-state index contributed by atoms with van der Waals surface area (Å²) in [7, 11) is 0. The molecule has 0 nitrogen and oxygen atoms in total. The fourth-order valence-corrected chi connectivity index (χ4v) is 6.16. The van der Waals surface area contributed by atoms with E-state index >= 15 is 0 Å². The normalized spacial score (nSPS) is 27.5. The standard InChI is InChI=1S/C18H27BrS/c1-14-9-10-16(17(19)13-14)18(2,3)11-12-20-15-7-5-4-6-8-15/h4-8,14,16-17H,9-13H2,1-3H3. The summed E-state index contributed by atoms with van der Waals surface area (Å²) >= 11 is 5.96. The van der Waals surface area contributed by atoms with Gasteiger partial charge in [0.15, 0.2) is 0 Å². The van der Waals surface area contributed by atoms with Gasteiger partial charge in [0.25, 0.3) is 0 Å². The van der Waals surface area contributed by atoms with Gasteiger partial charge in [-0.3, -0.25) is 0 Å². The number of benzene rings is 1. The molecule has 0 bridgehead atoms. The number of alkyl halides is 1. The van der Waals surface area contributed by atoms with Gasteiger partial charge < -0.3 is 0 Å². The van der Waals surface area contributed by atoms with Crippen LogP contribution in [0.5, 0.6) is 0 Å². The quantitative estimate of drug-likeness (QED) is 0.435. The Morgan fingerprint density at radius 2 is 1.90 bits per heavy atom. The van der Waals surface area contributed by atoms with E-state index in [4.69, 9.17) is 0 Å². The van der Waals surface area contributed by atoms with E-state index in [1.807, 2.05) is 11.8 Å². The second-order valence-electron chi connectivity index (χ2n) is 6.94. The van der Waals surface area contributed by atoms with Crippen LogP contribution in [0.2, 0.25) is 0 Å². The predicted octanol–water partition coefficient (Wildman–Crippen LogP) is 6.39. The zero-order valence-electron chi connectivity index (χ0n) is 12.9. The molecule has 3 unspecified atom stereocenters. The van der Waals surface area contributed by atoms with E-state index in [1.165, 1.54) is 36.3 Å². The van der Waals surface area contributed by atoms with Gasteiger partial charge in [-0.25, -0.2) is 0 Å². The van der Waals surface area contributed by atoms with Crippen molar-refractivity contribution in [1.82, 2.24) is 0 Å². The molecule has 2 heteroatoms. The van der Waals surface area contributed by atoms with Crippen molar-refractivity contribution in [1.29, 1.82) is 0 Å². The molecule has 1 aliphatic rings. The third kappa shape index (κ3) is 4.53. The smallest absolute Gasteiger partial charge is 0.0181 e. The first-order valence-corrected chi connectivity index (χ1v) is 9.71. The SMILES string of the molecule is CC1CCC(C(C)(C)CCSc2ccccc2)C(Br)C1. The van der Waals surface area contributed by atoms with Crippen LogP contribution >= 0.6 is 27.7 Å². The fourth-order valence-electron chi connectivity index (χ4n) is 3.33. The summed E-state index contributed by atoms with van der Waals surface area (Å²) in [5, 5.41) is 0. The van der Waals surface area contributed by atoms with Crippen molar-refractivity contribution in [3.63, 3.8) is 0 Å². The van der Waals surface area contributed by atoms with Gasteiger partial charge >= 0.3 is 0 Å². The van der Waals surface area contributed by atoms with E-state index in [9.17, 15) is 0 Å². The monoisotopic (exact) mass is 354 g/mol. The number of hydrogen-bond donors (Lipinski definition) is 0. The van der Waals surface area contributed by atoms with Crippen LogP contribution in [-0.4, -0.2) is 10.6 Å². The average molecular weight is 355 g/mol. The number of halogens is 1. The Hall–Kier alpha value is 0.0500. The molecule has 0 radical (unpaired) electrons. The highest BCUT2D eigenvalue weighted by atomic mass is 79.9. The first-order valence-electron chi connectivity index (χ1n) is 7.81. The number of hydrogen-bond acceptors (Lipinski definition) is 1. The topological polar surface area (TPSA) is 0 Å². The highest BCUT2D eigenvalue weighted by Gasteiger charge is 2.37. The maximum atomic E-state index is 3.96. The molecule has 0 N–H and O–H groups in total. The zero-order chi connectivity index (χ0) is 14.6. The predicted molar refractivity (Wildman–Crippen MR) is 94.8 cm³/mol. The summed E-state index contributed by atoms with van der Waals surface area (Å²) in [4.78, 5) is 2.11. The zero-order valence-corrected chi connectivity index (χ0v) is 15.3. The molecule has 0 aliphatic heterocycles. The lowest BCUT2D eigenvalue weighted by Crippen LogP contribution is -2.36. The minimum atomic E-state index is 0.441. The minimum absolute atomic E-state index is 0.441. The molecule has 0 saturated heterocycles. The van der Waals surface area contributed by atoms with Crippen molar-refractivity contribution in [3.8, 4) is 0 Å². The lowest BCUT2D eigenvalue weighted by Gasteiger charge is -2.42. The van der Waals surface area contributed by atoms with Gasteiger partial charge in [0.05, 0.1) is 0 Å². The third-order valence-electron chi connectivity index (χ3n) is 4.80. The van der Waals surface area contributed by atoms with Crippen LogP contribution in [-0.2, 0) is 0 Å². The molecule has 0 aromatic heterocycles. The van der Waals surface area contributed by atoms with Crippen LogP contribution in [0, 0.1) is 17.3 Å². The molecule has 2 rings (SSSR count). The molecule has 0 amide bonds. The minimum Gasteiger partial charge on any atom is -0.126 e. The molecule has 112 valence electrons. The summed E-state index contributed by atoms with van der Waals surface area (Å²) in [6.45, 7) is 7.32. The van der Waals surface area contributed by atoms with Crippen LogP contribution in [0.3, 0.4) is 0 Å². The number of thioether (sulfide) groups is 1. The lowest BCUT2D eigenvalue weighted by molar-refractivity contribution is 0.143. The maximum Gasteiger partial charge on any atom is 0.0181 e. The van der Waals surface area contributed by atoms with E-state index in [0.29, 0.717) is 10.2 Å². The Balaban J connectivity index is 1.84. The molecule has 0 heterocycles. The van der Waals surface area contributed by atoms with Crippen LogP contribution in [0.15, 0.2) is 35.2 Å². The molecule has 0 spiro atoms. The summed E-state index contributed by atoms with van der Waals surface area (Å²) in [5.74, 6) is 2.95. The first-order chi connectivity index (χ1) is 9.49. The van der Waals surface area contributed by atoms with Gasteiger partial charge in [-0.1, -0.05) is 61.3 Å². The highest BCUT2D eigenvalue weighted by molar-refractivity contribution is 9.09. The second kappa shape index (κ2) is 7.35. The summed E-state index contributed by atoms with van der Waals surface area (Å²) in [6, 6.07) is 10.8. The fraction of sp³-hybridized carbons (Fsp3) is 0.667. The van der Waals surface area contributed by atoms with Crippen molar-refractivity contribution >= 4 is 27.7 Å². The highest BCUT2D eigenvalue weighted by Crippen LogP contribution is 2.45. The molecule has 1 aromatic carbocycles. The van der Waals surface area contributed by atoms with Crippen molar-refractivity contribution in [2.75, 3.05) is 5.75 Å². The second-order valence-corrected chi connectivity index (χ2v) is 9.29. The number of rotatable bonds is 5. The Morgan fingerprint density at radius 1 is 1.20 bits per heavy atom. The van der Waals surface area contributed by atoms with Crippen LogP contribution in [0.4, 0.5) is 0 Å². The van der Waals surface area contributed by atoms with Gasteiger partial charge in [0.1, 0.15) is 0 Å². The van der Waals surface area contributed by atoms with Gasteiger partial charge in [0, 0.05) is 9.72 Å². The van der Waals surface area contributed by atoms with Crippen LogP contribution in [0.1, 0.15) is 46.5 Å². The van der Waals surface area contributed by atoms with Crippen molar-refractivity contribution in [2.24, 2.45) is 17.3 Å². The lowest BCUT2D eigenvalue weighted by atomic mass is 9.68. The summed E-state index contributed by atoms with van der Waals surface area (Å²) in [6.07, 6.45) is 5.44. The van der Waals surface area contributed by atoms with E-state index < -0.39 is 0 Å². The summed E-state index contributed by atoms with van der Waals surface area (Å²) in [5.41, 5.74) is 0.441. The van der Waals surface area contributed by atoms with E-state index in [1.54, 1.807) is 0 Å².